The molecule has 0 fully saturated rings. The summed E-state index contributed by atoms with van der Waals surface area (Å²) >= 11 is 6.05. The number of ether oxygens (including phenoxy) is 1. The Bertz CT molecular complexity index is 1260. The molecule has 1 N–H and O–H groups in total. The van der Waals surface area contributed by atoms with Gasteiger partial charge in [-0.3, -0.25) is 9.10 Å². The second kappa shape index (κ2) is 10.5. The minimum absolute atomic E-state index is 0.0206. The van der Waals surface area contributed by atoms with Crippen molar-refractivity contribution in [3.63, 3.8) is 0 Å². The number of anilines is 1. The number of halogens is 1. The van der Waals surface area contributed by atoms with Gasteiger partial charge in [0.2, 0.25) is 0 Å². The van der Waals surface area contributed by atoms with Crippen molar-refractivity contribution in [3.05, 3.63) is 94.5 Å². The quantitative estimate of drug-likeness (QED) is 0.487. The Kier molecular flexibility index (Phi) is 7.73. The Morgan fingerprint density at radius 3 is 2.39 bits per heavy atom. The van der Waals surface area contributed by atoms with Crippen molar-refractivity contribution < 1.29 is 22.7 Å². The van der Waals surface area contributed by atoms with Gasteiger partial charge in [0.15, 0.2) is 6.61 Å². The van der Waals surface area contributed by atoms with E-state index in [0.29, 0.717) is 10.7 Å². The van der Waals surface area contributed by atoms with E-state index in [0.717, 1.165) is 15.4 Å². The monoisotopic (exact) mass is 486 g/mol. The molecule has 0 saturated carbocycles. The second-order valence-corrected chi connectivity index (χ2v) is 9.66. The molecule has 7 nitrogen and oxygen atoms in total. The first kappa shape index (κ1) is 24.3. The van der Waals surface area contributed by atoms with Crippen LogP contribution in [0.4, 0.5) is 5.69 Å². The number of rotatable bonds is 8. The second-order valence-electron chi connectivity index (χ2n) is 7.28. The molecule has 0 aliphatic heterocycles. The molecule has 3 aromatic rings. The normalized spacial score (nSPS) is 11.0. The molecule has 33 heavy (non-hydrogen) atoms. The lowest BCUT2D eigenvalue weighted by atomic mass is 10.2. The zero-order chi connectivity index (χ0) is 24.0. The topological polar surface area (TPSA) is 92.8 Å². The number of carbonyl (C=O) groups is 2. The maximum absolute atomic E-state index is 13.0. The molecule has 0 aromatic heterocycles. The zero-order valence-corrected chi connectivity index (χ0v) is 19.7. The summed E-state index contributed by atoms with van der Waals surface area (Å²) in [6.07, 6.45) is 0. The van der Waals surface area contributed by atoms with Crippen LogP contribution in [0, 0.1) is 6.92 Å². The van der Waals surface area contributed by atoms with Gasteiger partial charge < -0.3 is 10.1 Å². The average Bonchev–Trinajstić information content (AvgIpc) is 2.82. The fourth-order valence-corrected chi connectivity index (χ4v) is 4.38. The molecular weight excluding hydrogens is 464 g/mol. The van der Waals surface area contributed by atoms with Crippen LogP contribution in [0.3, 0.4) is 0 Å². The van der Waals surface area contributed by atoms with Crippen LogP contribution in [0.5, 0.6) is 0 Å². The van der Waals surface area contributed by atoms with Gasteiger partial charge >= 0.3 is 5.97 Å². The summed E-state index contributed by atoms with van der Waals surface area (Å²) in [6.45, 7) is 1.59. The molecule has 0 atom stereocenters. The van der Waals surface area contributed by atoms with E-state index in [2.05, 4.69) is 5.32 Å². The minimum atomic E-state index is -3.90. The van der Waals surface area contributed by atoms with Crippen molar-refractivity contribution in [2.45, 2.75) is 18.4 Å². The van der Waals surface area contributed by atoms with Crippen LogP contribution in [0.25, 0.3) is 0 Å². The van der Waals surface area contributed by atoms with Crippen molar-refractivity contribution in [1.29, 1.82) is 0 Å². The first-order valence-corrected chi connectivity index (χ1v) is 11.8. The number of aryl methyl sites for hydroxylation is 1. The van der Waals surface area contributed by atoms with Crippen molar-refractivity contribution in [1.82, 2.24) is 5.32 Å². The minimum Gasteiger partial charge on any atom is -0.452 e. The number of nitrogens with zero attached hydrogens (tertiary/aromatic N) is 1. The third-order valence-electron chi connectivity index (χ3n) is 4.89. The summed E-state index contributed by atoms with van der Waals surface area (Å²) < 4.78 is 32.2. The maximum atomic E-state index is 13.0. The summed E-state index contributed by atoms with van der Waals surface area (Å²) in [4.78, 5) is 24.4. The molecule has 3 rings (SSSR count). The molecule has 9 heteroatoms. The van der Waals surface area contributed by atoms with E-state index in [1.165, 1.54) is 31.3 Å². The molecular formula is C24H23ClN2O5S. The largest absolute Gasteiger partial charge is 0.452 e. The standard InChI is InChI=1S/C24H23ClN2O5S/c1-17-10-12-20(13-11-17)27(2)33(30,31)21-8-5-7-18(14-21)24(29)32-16-23(28)26-15-19-6-3-4-9-22(19)25/h3-14H,15-16H2,1-2H3,(H,26,28). The molecule has 1 amide bonds. The predicted octanol–water partition coefficient (Wildman–Crippen LogP) is 3.95. The summed E-state index contributed by atoms with van der Waals surface area (Å²) in [5.41, 5.74) is 2.25. The molecule has 0 unspecified atom stereocenters. The zero-order valence-electron chi connectivity index (χ0n) is 18.1. The summed E-state index contributed by atoms with van der Waals surface area (Å²) in [6, 6.07) is 19.6. The van der Waals surface area contributed by atoms with E-state index < -0.39 is 28.5 Å². The number of esters is 1. The van der Waals surface area contributed by atoms with Gasteiger partial charge in [-0.05, 0) is 48.9 Å². The fourth-order valence-electron chi connectivity index (χ4n) is 2.94. The number of amides is 1. The van der Waals surface area contributed by atoms with Gasteiger partial charge in [0, 0.05) is 18.6 Å². The van der Waals surface area contributed by atoms with Gasteiger partial charge in [-0.25, -0.2) is 13.2 Å². The summed E-state index contributed by atoms with van der Waals surface area (Å²) in [5.74, 6) is -1.32. The van der Waals surface area contributed by atoms with Gasteiger partial charge in [-0.15, -0.1) is 0 Å². The Balaban J connectivity index is 1.63. The van der Waals surface area contributed by atoms with Crippen molar-refractivity contribution in [3.8, 4) is 0 Å². The molecule has 0 bridgehead atoms. The number of benzene rings is 3. The van der Waals surface area contributed by atoms with Crippen molar-refractivity contribution in [2.75, 3.05) is 18.0 Å². The summed E-state index contributed by atoms with van der Waals surface area (Å²) in [5, 5.41) is 3.13. The van der Waals surface area contributed by atoms with E-state index in [-0.39, 0.29) is 17.0 Å². The van der Waals surface area contributed by atoms with E-state index in [1.54, 1.807) is 36.4 Å². The van der Waals surface area contributed by atoms with Crippen LogP contribution >= 0.6 is 11.6 Å². The van der Waals surface area contributed by atoms with Crippen LogP contribution in [0.15, 0.2) is 77.7 Å². The molecule has 0 aliphatic rings. The lowest BCUT2D eigenvalue weighted by molar-refractivity contribution is -0.124. The molecule has 0 spiro atoms. The fraction of sp³-hybridized carbons (Fsp3) is 0.167. The third kappa shape index (κ3) is 6.12. The Hall–Kier alpha value is -3.36. The highest BCUT2D eigenvalue weighted by molar-refractivity contribution is 7.92. The average molecular weight is 487 g/mol. The SMILES string of the molecule is Cc1ccc(N(C)S(=O)(=O)c2cccc(C(=O)OCC(=O)NCc3ccccc3Cl)c2)cc1. The van der Waals surface area contributed by atoms with Crippen LogP contribution < -0.4 is 9.62 Å². The van der Waals surface area contributed by atoms with Gasteiger partial charge in [-0.2, -0.15) is 0 Å². The molecule has 0 radical (unpaired) electrons. The molecule has 3 aromatic carbocycles. The third-order valence-corrected chi connectivity index (χ3v) is 7.04. The number of hydrogen-bond donors (Lipinski definition) is 1. The van der Waals surface area contributed by atoms with Gasteiger partial charge in [0.1, 0.15) is 0 Å². The van der Waals surface area contributed by atoms with E-state index >= 15 is 0 Å². The number of nitrogens with one attached hydrogen (secondary N) is 1. The van der Waals surface area contributed by atoms with E-state index in [4.69, 9.17) is 16.3 Å². The first-order chi connectivity index (χ1) is 15.7. The highest BCUT2D eigenvalue weighted by atomic mass is 35.5. The Labute approximate surface area is 198 Å². The number of sulfonamides is 1. The van der Waals surface area contributed by atoms with Crippen LogP contribution in [0.2, 0.25) is 5.02 Å². The lowest BCUT2D eigenvalue weighted by Gasteiger charge is -2.20. The predicted molar refractivity (Wildman–Crippen MR) is 127 cm³/mol. The highest BCUT2D eigenvalue weighted by Gasteiger charge is 2.23. The summed E-state index contributed by atoms with van der Waals surface area (Å²) in [7, 11) is -2.46. The van der Waals surface area contributed by atoms with Crippen LogP contribution in [-0.2, 0) is 26.1 Å². The smallest absolute Gasteiger partial charge is 0.338 e. The van der Waals surface area contributed by atoms with Gasteiger partial charge in [0.25, 0.3) is 15.9 Å². The maximum Gasteiger partial charge on any atom is 0.338 e. The van der Waals surface area contributed by atoms with Crippen LogP contribution in [0.1, 0.15) is 21.5 Å². The van der Waals surface area contributed by atoms with Crippen molar-refractivity contribution >= 4 is 39.2 Å². The Morgan fingerprint density at radius 2 is 1.70 bits per heavy atom. The lowest BCUT2D eigenvalue weighted by Crippen LogP contribution is -2.28. The molecule has 0 saturated heterocycles. The van der Waals surface area contributed by atoms with Gasteiger partial charge in [0.05, 0.1) is 16.1 Å². The van der Waals surface area contributed by atoms with Crippen LogP contribution in [-0.4, -0.2) is 33.9 Å². The first-order valence-electron chi connectivity index (χ1n) is 10.0. The van der Waals surface area contributed by atoms with E-state index in [1.807, 2.05) is 19.1 Å². The molecule has 0 heterocycles. The van der Waals surface area contributed by atoms with Crippen molar-refractivity contribution in [2.24, 2.45) is 0 Å². The number of carbonyl (C=O) groups excluding carboxylic acids is 2. The number of hydrogen-bond acceptors (Lipinski definition) is 5. The van der Waals surface area contributed by atoms with E-state index in [9.17, 15) is 18.0 Å². The molecule has 172 valence electrons. The highest BCUT2D eigenvalue weighted by Crippen LogP contribution is 2.23. The van der Waals surface area contributed by atoms with Gasteiger partial charge in [-0.1, -0.05) is 53.6 Å². The molecule has 0 aliphatic carbocycles. The Morgan fingerprint density at radius 1 is 1.00 bits per heavy atom.